The lowest BCUT2D eigenvalue weighted by molar-refractivity contribution is -0.121. The second kappa shape index (κ2) is 6.41. The van der Waals surface area contributed by atoms with Gasteiger partial charge in [0, 0.05) is 12.6 Å². The standard InChI is InChI=1S/C13H16Cl2N2O/c14-11-4-3-9(6-12(11)15)7-13(18)17-10-2-1-5-16-8-10/h3-4,6,10,16H,1-2,5,7-8H2,(H,17,18)/t10-/m1/s1. The lowest BCUT2D eigenvalue weighted by Crippen LogP contribution is -2.46. The number of halogens is 2. The largest absolute Gasteiger partial charge is 0.352 e. The van der Waals surface area contributed by atoms with Gasteiger partial charge in [0.15, 0.2) is 0 Å². The maximum atomic E-state index is 11.9. The fourth-order valence-electron chi connectivity index (χ4n) is 2.09. The van der Waals surface area contributed by atoms with Gasteiger partial charge in [0.1, 0.15) is 0 Å². The lowest BCUT2D eigenvalue weighted by atomic mass is 10.1. The number of amides is 1. The zero-order valence-corrected chi connectivity index (χ0v) is 11.5. The third-order valence-corrected chi connectivity index (χ3v) is 3.75. The van der Waals surface area contributed by atoms with Crippen LogP contribution in [0.15, 0.2) is 18.2 Å². The summed E-state index contributed by atoms with van der Waals surface area (Å²) in [6.45, 7) is 1.90. The Bertz CT molecular complexity index is 431. The summed E-state index contributed by atoms with van der Waals surface area (Å²) in [5.41, 5.74) is 0.880. The summed E-state index contributed by atoms with van der Waals surface area (Å²) >= 11 is 11.7. The molecule has 0 saturated carbocycles. The van der Waals surface area contributed by atoms with Gasteiger partial charge in [-0.1, -0.05) is 29.3 Å². The molecule has 2 rings (SSSR count). The summed E-state index contributed by atoms with van der Waals surface area (Å²) in [4.78, 5) is 11.9. The van der Waals surface area contributed by atoms with Crippen molar-refractivity contribution in [1.82, 2.24) is 10.6 Å². The van der Waals surface area contributed by atoms with Crippen molar-refractivity contribution < 1.29 is 4.79 Å². The number of piperidine rings is 1. The van der Waals surface area contributed by atoms with E-state index in [2.05, 4.69) is 10.6 Å². The zero-order valence-electron chi connectivity index (χ0n) is 10.0. The quantitative estimate of drug-likeness (QED) is 0.896. The van der Waals surface area contributed by atoms with Crippen molar-refractivity contribution >= 4 is 29.1 Å². The minimum Gasteiger partial charge on any atom is -0.352 e. The molecule has 0 aliphatic carbocycles. The lowest BCUT2D eigenvalue weighted by Gasteiger charge is -2.23. The molecule has 1 saturated heterocycles. The van der Waals surface area contributed by atoms with Crippen LogP contribution in [0, 0.1) is 0 Å². The predicted octanol–water partition coefficient (Wildman–Crippen LogP) is 2.40. The summed E-state index contributed by atoms with van der Waals surface area (Å²) in [5, 5.41) is 7.29. The first kappa shape index (κ1) is 13.7. The Kier molecular flexibility index (Phi) is 4.87. The Morgan fingerprint density at radius 2 is 2.22 bits per heavy atom. The van der Waals surface area contributed by atoms with Crippen molar-refractivity contribution in [3.8, 4) is 0 Å². The van der Waals surface area contributed by atoms with Crippen molar-refractivity contribution in [2.75, 3.05) is 13.1 Å². The molecule has 1 atom stereocenters. The Morgan fingerprint density at radius 3 is 2.89 bits per heavy atom. The van der Waals surface area contributed by atoms with E-state index >= 15 is 0 Å². The molecule has 0 aromatic heterocycles. The molecule has 18 heavy (non-hydrogen) atoms. The number of hydrogen-bond acceptors (Lipinski definition) is 2. The average molecular weight is 287 g/mol. The summed E-state index contributed by atoms with van der Waals surface area (Å²) in [6.07, 6.45) is 2.49. The van der Waals surface area contributed by atoms with E-state index in [9.17, 15) is 4.79 Å². The average Bonchev–Trinajstić information content (AvgIpc) is 2.35. The van der Waals surface area contributed by atoms with Crippen LogP contribution in [0.2, 0.25) is 10.0 Å². The fourth-order valence-corrected chi connectivity index (χ4v) is 2.41. The van der Waals surface area contributed by atoms with E-state index in [1.54, 1.807) is 12.1 Å². The fraction of sp³-hybridized carbons (Fsp3) is 0.462. The van der Waals surface area contributed by atoms with E-state index in [-0.39, 0.29) is 11.9 Å². The first-order chi connectivity index (χ1) is 8.65. The first-order valence-electron chi connectivity index (χ1n) is 6.09. The SMILES string of the molecule is O=C(Cc1ccc(Cl)c(Cl)c1)N[C@@H]1CCCNC1. The van der Waals surface area contributed by atoms with Crippen LogP contribution in [0.3, 0.4) is 0 Å². The van der Waals surface area contributed by atoms with Crippen molar-refractivity contribution in [1.29, 1.82) is 0 Å². The third-order valence-electron chi connectivity index (χ3n) is 3.01. The maximum absolute atomic E-state index is 11.9. The number of carbonyl (C=O) groups excluding carboxylic acids is 1. The van der Waals surface area contributed by atoms with Crippen molar-refractivity contribution in [3.63, 3.8) is 0 Å². The maximum Gasteiger partial charge on any atom is 0.224 e. The molecule has 0 unspecified atom stereocenters. The van der Waals surface area contributed by atoms with E-state index in [0.717, 1.165) is 31.5 Å². The van der Waals surface area contributed by atoms with Gasteiger partial charge < -0.3 is 10.6 Å². The molecule has 1 amide bonds. The van der Waals surface area contributed by atoms with Crippen LogP contribution in [0.4, 0.5) is 0 Å². The second-order valence-electron chi connectivity index (χ2n) is 4.54. The molecular formula is C13H16Cl2N2O. The molecule has 1 fully saturated rings. The Labute approximate surface area is 117 Å². The summed E-state index contributed by atoms with van der Waals surface area (Å²) in [6, 6.07) is 5.53. The van der Waals surface area contributed by atoms with E-state index in [0.29, 0.717) is 16.5 Å². The van der Waals surface area contributed by atoms with Crippen LogP contribution in [0.5, 0.6) is 0 Å². The highest BCUT2D eigenvalue weighted by molar-refractivity contribution is 6.42. The Hall–Kier alpha value is -0.770. The molecule has 1 aliphatic heterocycles. The Balaban J connectivity index is 1.88. The van der Waals surface area contributed by atoms with Gasteiger partial charge in [-0.3, -0.25) is 4.79 Å². The molecule has 1 aliphatic rings. The molecule has 0 radical (unpaired) electrons. The van der Waals surface area contributed by atoms with E-state index in [1.165, 1.54) is 0 Å². The molecule has 1 heterocycles. The molecule has 0 spiro atoms. The Morgan fingerprint density at radius 1 is 1.39 bits per heavy atom. The van der Waals surface area contributed by atoms with E-state index in [4.69, 9.17) is 23.2 Å². The number of benzene rings is 1. The summed E-state index contributed by atoms with van der Waals surface area (Å²) in [5.74, 6) is 0.0297. The predicted molar refractivity (Wildman–Crippen MR) is 74.2 cm³/mol. The zero-order chi connectivity index (χ0) is 13.0. The monoisotopic (exact) mass is 286 g/mol. The van der Waals surface area contributed by atoms with Gasteiger partial charge >= 0.3 is 0 Å². The van der Waals surface area contributed by atoms with Crippen LogP contribution >= 0.6 is 23.2 Å². The van der Waals surface area contributed by atoms with Gasteiger partial charge in [-0.25, -0.2) is 0 Å². The van der Waals surface area contributed by atoms with Crippen LogP contribution in [-0.2, 0) is 11.2 Å². The molecule has 1 aromatic rings. The minimum absolute atomic E-state index is 0.0297. The van der Waals surface area contributed by atoms with Gasteiger partial charge in [0.05, 0.1) is 16.5 Å². The van der Waals surface area contributed by atoms with Crippen molar-refractivity contribution in [2.24, 2.45) is 0 Å². The summed E-state index contributed by atoms with van der Waals surface area (Å²) in [7, 11) is 0. The third kappa shape index (κ3) is 3.87. The van der Waals surface area contributed by atoms with Crippen LogP contribution in [0.1, 0.15) is 18.4 Å². The van der Waals surface area contributed by atoms with Crippen molar-refractivity contribution in [3.05, 3.63) is 33.8 Å². The van der Waals surface area contributed by atoms with Crippen LogP contribution in [-0.4, -0.2) is 25.0 Å². The topological polar surface area (TPSA) is 41.1 Å². The molecule has 0 bridgehead atoms. The van der Waals surface area contributed by atoms with Gasteiger partial charge in [-0.2, -0.15) is 0 Å². The number of carbonyl (C=O) groups is 1. The highest BCUT2D eigenvalue weighted by Gasteiger charge is 2.15. The summed E-state index contributed by atoms with van der Waals surface area (Å²) < 4.78 is 0. The van der Waals surface area contributed by atoms with Crippen molar-refractivity contribution in [2.45, 2.75) is 25.3 Å². The normalized spacial score (nSPS) is 19.6. The molecule has 1 aromatic carbocycles. The van der Waals surface area contributed by atoms with Gasteiger partial charge in [0.25, 0.3) is 0 Å². The highest BCUT2D eigenvalue weighted by atomic mass is 35.5. The van der Waals surface area contributed by atoms with E-state index in [1.807, 2.05) is 6.07 Å². The molecule has 98 valence electrons. The molecular weight excluding hydrogens is 271 g/mol. The highest BCUT2D eigenvalue weighted by Crippen LogP contribution is 2.22. The van der Waals surface area contributed by atoms with Gasteiger partial charge in [-0.15, -0.1) is 0 Å². The van der Waals surface area contributed by atoms with Gasteiger partial charge in [0.2, 0.25) is 5.91 Å². The minimum atomic E-state index is 0.0297. The second-order valence-corrected chi connectivity index (χ2v) is 5.35. The molecule has 3 nitrogen and oxygen atoms in total. The van der Waals surface area contributed by atoms with Gasteiger partial charge in [-0.05, 0) is 37.1 Å². The molecule has 2 N–H and O–H groups in total. The number of rotatable bonds is 3. The van der Waals surface area contributed by atoms with Crippen LogP contribution < -0.4 is 10.6 Å². The van der Waals surface area contributed by atoms with E-state index < -0.39 is 0 Å². The van der Waals surface area contributed by atoms with Crippen LogP contribution in [0.25, 0.3) is 0 Å². The number of nitrogens with one attached hydrogen (secondary N) is 2. The first-order valence-corrected chi connectivity index (χ1v) is 6.85. The molecule has 5 heteroatoms. The number of hydrogen-bond donors (Lipinski definition) is 2. The smallest absolute Gasteiger partial charge is 0.224 e.